The minimum absolute atomic E-state index is 0.0124. The number of carbonyl (C=O) groups is 2. The summed E-state index contributed by atoms with van der Waals surface area (Å²) in [6.45, 7) is 3.44. The van der Waals surface area contributed by atoms with E-state index < -0.39 is 6.04 Å². The van der Waals surface area contributed by atoms with Crippen LogP contribution in [-0.2, 0) is 9.59 Å². The fourth-order valence-corrected chi connectivity index (χ4v) is 2.90. The van der Waals surface area contributed by atoms with Crippen LogP contribution in [0.4, 0.5) is 0 Å². The molecule has 1 heterocycles. The summed E-state index contributed by atoms with van der Waals surface area (Å²) in [6.07, 6.45) is 4.83. The van der Waals surface area contributed by atoms with E-state index in [2.05, 4.69) is 17.9 Å². The van der Waals surface area contributed by atoms with Gasteiger partial charge in [-0.15, -0.1) is 0 Å². The molecule has 18 heavy (non-hydrogen) atoms. The molecule has 1 saturated carbocycles. The molecule has 0 aromatic rings. The van der Waals surface area contributed by atoms with Gasteiger partial charge in [0, 0.05) is 19.5 Å². The Morgan fingerprint density at radius 2 is 1.94 bits per heavy atom. The molecule has 1 unspecified atom stereocenters. The zero-order chi connectivity index (χ0) is 13.2. The molecule has 1 aliphatic carbocycles. The third-order valence-electron chi connectivity index (χ3n) is 3.99. The summed E-state index contributed by atoms with van der Waals surface area (Å²) < 4.78 is 0. The second kappa shape index (κ2) is 5.51. The van der Waals surface area contributed by atoms with Gasteiger partial charge in [-0.3, -0.25) is 9.59 Å². The summed E-state index contributed by atoms with van der Waals surface area (Å²) in [7, 11) is 0. The van der Waals surface area contributed by atoms with Crippen LogP contribution in [-0.4, -0.2) is 41.6 Å². The SMILES string of the molecule is CC(NC(=O)CC1(CS)CC1)C(=O)N1CCCC1. The normalized spacial score (nSPS) is 22.7. The first kappa shape index (κ1) is 13.7. The van der Waals surface area contributed by atoms with Gasteiger partial charge in [0.25, 0.3) is 0 Å². The van der Waals surface area contributed by atoms with Crippen molar-refractivity contribution >= 4 is 24.4 Å². The van der Waals surface area contributed by atoms with Crippen LogP contribution < -0.4 is 5.32 Å². The van der Waals surface area contributed by atoms with Crippen LogP contribution in [0.2, 0.25) is 0 Å². The molecule has 0 bridgehead atoms. The van der Waals surface area contributed by atoms with Gasteiger partial charge in [-0.25, -0.2) is 0 Å². The lowest BCUT2D eigenvalue weighted by atomic mass is 10.0. The summed E-state index contributed by atoms with van der Waals surface area (Å²) in [4.78, 5) is 25.7. The molecule has 5 heteroatoms. The predicted molar refractivity (Wildman–Crippen MR) is 73.6 cm³/mol. The Morgan fingerprint density at radius 1 is 1.33 bits per heavy atom. The molecular formula is C13H22N2O2S. The first-order chi connectivity index (χ1) is 8.56. The van der Waals surface area contributed by atoms with Gasteiger partial charge >= 0.3 is 0 Å². The lowest BCUT2D eigenvalue weighted by Crippen LogP contribution is -2.46. The predicted octanol–water partition coefficient (Wildman–Crippen LogP) is 1.21. The van der Waals surface area contributed by atoms with Crippen LogP contribution in [0.25, 0.3) is 0 Å². The van der Waals surface area contributed by atoms with Crippen molar-refractivity contribution in [3.05, 3.63) is 0 Å². The van der Waals surface area contributed by atoms with Gasteiger partial charge in [0.2, 0.25) is 11.8 Å². The number of hydrogen-bond donors (Lipinski definition) is 2. The van der Waals surface area contributed by atoms with E-state index in [1.54, 1.807) is 6.92 Å². The highest BCUT2D eigenvalue weighted by atomic mass is 32.1. The van der Waals surface area contributed by atoms with Crippen molar-refractivity contribution in [2.75, 3.05) is 18.8 Å². The standard InChI is InChI=1S/C13H22N2O2S/c1-10(12(17)15-6-2-3-7-15)14-11(16)8-13(9-18)4-5-13/h10,18H,2-9H2,1H3,(H,14,16). The van der Waals surface area contributed by atoms with Gasteiger partial charge < -0.3 is 10.2 Å². The molecule has 1 N–H and O–H groups in total. The van der Waals surface area contributed by atoms with E-state index in [1.165, 1.54) is 0 Å². The van der Waals surface area contributed by atoms with Gasteiger partial charge in [-0.1, -0.05) is 0 Å². The third kappa shape index (κ3) is 3.19. The molecule has 4 nitrogen and oxygen atoms in total. The Labute approximate surface area is 114 Å². The number of nitrogens with one attached hydrogen (secondary N) is 1. The molecule has 0 radical (unpaired) electrons. The molecular weight excluding hydrogens is 248 g/mol. The zero-order valence-electron chi connectivity index (χ0n) is 10.9. The Kier molecular flexibility index (Phi) is 4.20. The van der Waals surface area contributed by atoms with E-state index in [1.807, 2.05) is 4.90 Å². The Morgan fingerprint density at radius 3 is 2.44 bits per heavy atom. The van der Waals surface area contributed by atoms with Gasteiger partial charge in [-0.2, -0.15) is 12.6 Å². The van der Waals surface area contributed by atoms with Crippen molar-refractivity contribution in [2.24, 2.45) is 5.41 Å². The fourth-order valence-electron chi connectivity index (χ4n) is 2.47. The van der Waals surface area contributed by atoms with Crippen LogP contribution in [0, 0.1) is 5.41 Å². The maximum Gasteiger partial charge on any atom is 0.244 e. The van der Waals surface area contributed by atoms with Crippen LogP contribution in [0.3, 0.4) is 0 Å². The highest BCUT2D eigenvalue weighted by molar-refractivity contribution is 7.80. The van der Waals surface area contributed by atoms with Crippen LogP contribution in [0.15, 0.2) is 0 Å². The number of thiol groups is 1. The Bertz CT molecular complexity index is 336. The molecule has 2 aliphatic rings. The molecule has 1 saturated heterocycles. The summed E-state index contributed by atoms with van der Waals surface area (Å²) in [6, 6.07) is -0.397. The molecule has 2 fully saturated rings. The smallest absolute Gasteiger partial charge is 0.244 e. The van der Waals surface area contributed by atoms with Crippen LogP contribution in [0.5, 0.6) is 0 Å². The number of carbonyl (C=O) groups excluding carboxylic acids is 2. The van der Waals surface area contributed by atoms with E-state index >= 15 is 0 Å². The van der Waals surface area contributed by atoms with Crippen molar-refractivity contribution in [2.45, 2.75) is 45.1 Å². The fraction of sp³-hybridized carbons (Fsp3) is 0.846. The van der Waals surface area contributed by atoms with Crippen molar-refractivity contribution in [1.82, 2.24) is 10.2 Å². The largest absolute Gasteiger partial charge is 0.345 e. The maximum absolute atomic E-state index is 12.0. The van der Waals surface area contributed by atoms with Gasteiger partial charge in [0.1, 0.15) is 6.04 Å². The van der Waals surface area contributed by atoms with E-state index in [0.717, 1.165) is 44.5 Å². The number of hydrogen-bond acceptors (Lipinski definition) is 3. The maximum atomic E-state index is 12.0. The highest BCUT2D eigenvalue weighted by Gasteiger charge is 2.43. The zero-order valence-corrected chi connectivity index (χ0v) is 11.8. The summed E-state index contributed by atoms with van der Waals surface area (Å²) >= 11 is 4.29. The molecule has 102 valence electrons. The number of amides is 2. The lowest BCUT2D eigenvalue weighted by Gasteiger charge is -2.22. The average Bonchev–Trinajstić information content (AvgIpc) is 2.91. The lowest BCUT2D eigenvalue weighted by molar-refractivity contribution is -0.135. The van der Waals surface area contributed by atoms with Gasteiger partial charge in [0.15, 0.2) is 0 Å². The van der Waals surface area contributed by atoms with E-state index in [9.17, 15) is 9.59 Å². The monoisotopic (exact) mass is 270 g/mol. The Hall–Kier alpha value is -0.710. The minimum Gasteiger partial charge on any atom is -0.345 e. The van der Waals surface area contributed by atoms with Crippen molar-refractivity contribution in [1.29, 1.82) is 0 Å². The van der Waals surface area contributed by atoms with E-state index in [-0.39, 0.29) is 17.2 Å². The average molecular weight is 270 g/mol. The summed E-state index contributed by atoms with van der Waals surface area (Å²) in [5.74, 6) is 0.799. The van der Waals surface area contributed by atoms with Gasteiger partial charge in [0.05, 0.1) is 0 Å². The van der Waals surface area contributed by atoms with Crippen molar-refractivity contribution < 1.29 is 9.59 Å². The molecule has 0 aromatic carbocycles. The van der Waals surface area contributed by atoms with Crippen molar-refractivity contribution in [3.63, 3.8) is 0 Å². The van der Waals surface area contributed by atoms with Crippen LogP contribution >= 0.6 is 12.6 Å². The number of nitrogens with zero attached hydrogens (tertiary/aromatic N) is 1. The molecule has 1 atom stereocenters. The summed E-state index contributed by atoms with van der Waals surface area (Å²) in [5.41, 5.74) is 0.115. The summed E-state index contributed by atoms with van der Waals surface area (Å²) in [5, 5.41) is 2.82. The molecule has 0 spiro atoms. The third-order valence-corrected chi connectivity index (χ3v) is 4.66. The number of likely N-dealkylation sites (tertiary alicyclic amines) is 1. The quantitative estimate of drug-likeness (QED) is 0.738. The first-order valence-corrected chi connectivity index (χ1v) is 7.39. The molecule has 0 aromatic heterocycles. The van der Waals surface area contributed by atoms with E-state index in [0.29, 0.717) is 6.42 Å². The molecule has 2 amide bonds. The topological polar surface area (TPSA) is 49.4 Å². The van der Waals surface area contributed by atoms with Crippen molar-refractivity contribution in [3.8, 4) is 0 Å². The van der Waals surface area contributed by atoms with Crippen LogP contribution in [0.1, 0.15) is 39.0 Å². The highest BCUT2D eigenvalue weighted by Crippen LogP contribution is 2.49. The molecule has 1 aliphatic heterocycles. The second-order valence-corrected chi connectivity index (χ2v) is 5.97. The number of rotatable bonds is 5. The van der Waals surface area contributed by atoms with E-state index in [4.69, 9.17) is 0 Å². The van der Waals surface area contributed by atoms with Gasteiger partial charge in [-0.05, 0) is 43.8 Å². The second-order valence-electron chi connectivity index (χ2n) is 5.66. The first-order valence-electron chi connectivity index (χ1n) is 6.75. The molecule has 2 rings (SSSR count). The Balaban J connectivity index is 1.77. The minimum atomic E-state index is -0.397.